The fourth-order valence-electron chi connectivity index (χ4n) is 4.70. The second-order valence-corrected chi connectivity index (χ2v) is 10.4. The van der Waals surface area contributed by atoms with Gasteiger partial charge in [0.05, 0.1) is 7.05 Å². The Balaban J connectivity index is 1.73. The van der Waals surface area contributed by atoms with Crippen LogP contribution < -0.4 is 20.5 Å². The van der Waals surface area contributed by atoms with Gasteiger partial charge in [0, 0.05) is 10.7 Å². The summed E-state index contributed by atoms with van der Waals surface area (Å²) in [6.07, 6.45) is 2.22. The zero-order chi connectivity index (χ0) is 22.2. The number of nitrogens with zero attached hydrogens (tertiary/aromatic N) is 2. The summed E-state index contributed by atoms with van der Waals surface area (Å²) in [7, 11) is 1.39. The van der Waals surface area contributed by atoms with E-state index < -0.39 is 7.92 Å². The first-order chi connectivity index (χ1) is 16.3. The first kappa shape index (κ1) is 19.9. The van der Waals surface area contributed by atoms with Gasteiger partial charge in [-0.3, -0.25) is 0 Å². The molecule has 0 atom stereocenters. The van der Waals surface area contributed by atoms with Crippen LogP contribution in [0.4, 0.5) is 0 Å². The first-order valence-electron chi connectivity index (χ1n) is 11.2. The summed E-state index contributed by atoms with van der Waals surface area (Å²) in [5.74, 6) is 0. The summed E-state index contributed by atoms with van der Waals surface area (Å²) in [5.41, 5.74) is 3.71. The second-order valence-electron chi connectivity index (χ2n) is 8.25. The number of hydrogen-bond acceptors (Lipinski definition) is 0. The van der Waals surface area contributed by atoms with Crippen molar-refractivity contribution in [2.75, 3.05) is 0 Å². The zero-order valence-electron chi connectivity index (χ0n) is 18.5. The van der Waals surface area contributed by atoms with Crippen LogP contribution in [0.1, 0.15) is 0 Å². The van der Waals surface area contributed by atoms with Gasteiger partial charge in [-0.2, -0.15) is 4.57 Å². The first-order valence-corrected chi connectivity index (χ1v) is 12.5. The minimum atomic E-state index is -0.740. The zero-order valence-corrected chi connectivity index (χ0v) is 19.4. The lowest BCUT2D eigenvalue weighted by Crippen LogP contribution is -2.27. The largest absolute Gasteiger partial charge is 0.249 e. The van der Waals surface area contributed by atoms with Crippen molar-refractivity contribution in [3.8, 4) is 5.69 Å². The van der Waals surface area contributed by atoms with E-state index in [0.717, 1.165) is 0 Å². The molecule has 0 aliphatic rings. The number of para-hydroxylation sites is 2. The molecule has 1 heterocycles. The number of benzene rings is 5. The molecular weight excluding hydrogens is 419 g/mol. The Hall–Kier alpha value is -3.74. The summed E-state index contributed by atoms with van der Waals surface area (Å²) in [6.45, 7) is 0. The van der Waals surface area contributed by atoms with Gasteiger partial charge in [-0.05, 0) is 42.1 Å². The van der Waals surface area contributed by atoms with Crippen molar-refractivity contribution < 1.29 is 4.57 Å². The SMILES string of the molecule is C[n+]1cn(-c2c(P(c3ccccc3)c3ccccc3)ccc3ccccc23)c2ccccc21. The van der Waals surface area contributed by atoms with Crippen molar-refractivity contribution in [2.24, 2.45) is 7.05 Å². The molecule has 0 aliphatic carbocycles. The van der Waals surface area contributed by atoms with Crippen LogP contribution in [0.5, 0.6) is 0 Å². The van der Waals surface area contributed by atoms with Crippen LogP contribution in [0.2, 0.25) is 0 Å². The summed E-state index contributed by atoms with van der Waals surface area (Å²) in [6, 6.07) is 43.9. The lowest BCUT2D eigenvalue weighted by atomic mass is 10.1. The third-order valence-electron chi connectivity index (χ3n) is 6.20. The molecule has 0 saturated heterocycles. The van der Waals surface area contributed by atoms with E-state index >= 15 is 0 Å². The summed E-state index contributed by atoms with van der Waals surface area (Å²) in [4.78, 5) is 0. The minimum absolute atomic E-state index is 0.740. The number of imidazole rings is 1. The number of rotatable bonds is 4. The molecule has 6 aromatic rings. The van der Waals surface area contributed by atoms with Crippen LogP contribution >= 0.6 is 7.92 Å². The standard InChI is InChI=1S/C30H24N2P/c1-31-22-32(28-19-11-10-18-27(28)31)30-26-17-9-8-12-23(26)20-21-29(30)33(24-13-4-2-5-14-24)25-15-6-3-7-16-25/h2-22H,1H3/q+1. The topological polar surface area (TPSA) is 8.81 Å². The average molecular weight is 444 g/mol. The average Bonchev–Trinajstić information content (AvgIpc) is 3.21. The molecule has 0 amide bonds. The van der Waals surface area contributed by atoms with E-state index in [1.165, 1.54) is 43.4 Å². The molecule has 0 unspecified atom stereocenters. The number of aryl methyl sites for hydroxylation is 1. The van der Waals surface area contributed by atoms with E-state index in [1.807, 2.05) is 0 Å². The maximum absolute atomic E-state index is 2.38. The maximum atomic E-state index is 2.38. The highest BCUT2D eigenvalue weighted by molar-refractivity contribution is 7.80. The number of hydrogen-bond donors (Lipinski definition) is 0. The normalized spacial score (nSPS) is 11.5. The summed E-state index contributed by atoms with van der Waals surface area (Å²) in [5, 5.41) is 6.61. The molecule has 0 aliphatic heterocycles. The molecule has 1 aromatic heterocycles. The van der Waals surface area contributed by atoms with E-state index in [-0.39, 0.29) is 0 Å². The summed E-state index contributed by atoms with van der Waals surface area (Å²) >= 11 is 0. The molecule has 158 valence electrons. The van der Waals surface area contributed by atoms with Gasteiger partial charge >= 0.3 is 0 Å². The van der Waals surface area contributed by atoms with Crippen molar-refractivity contribution in [1.29, 1.82) is 0 Å². The van der Waals surface area contributed by atoms with Crippen molar-refractivity contribution >= 4 is 45.6 Å². The Morgan fingerprint density at radius 1 is 0.606 bits per heavy atom. The van der Waals surface area contributed by atoms with Gasteiger partial charge in [-0.25, -0.2) is 4.57 Å². The molecule has 0 saturated carbocycles. The second kappa shape index (κ2) is 8.31. The van der Waals surface area contributed by atoms with Gasteiger partial charge in [-0.1, -0.05) is 103 Å². The van der Waals surface area contributed by atoms with E-state index in [1.54, 1.807) is 0 Å². The lowest BCUT2D eigenvalue weighted by Gasteiger charge is -2.22. The lowest BCUT2D eigenvalue weighted by molar-refractivity contribution is -0.645. The molecule has 6 rings (SSSR count). The Bertz CT molecular complexity index is 1530. The molecule has 0 fully saturated rings. The van der Waals surface area contributed by atoms with E-state index in [0.29, 0.717) is 0 Å². The van der Waals surface area contributed by atoms with Gasteiger partial charge in [0.15, 0.2) is 11.0 Å². The molecular formula is C30H24N2P+. The Kier molecular flexibility index (Phi) is 5.02. The molecule has 2 nitrogen and oxygen atoms in total. The van der Waals surface area contributed by atoms with E-state index in [2.05, 4.69) is 144 Å². The third-order valence-corrected chi connectivity index (χ3v) is 8.67. The monoisotopic (exact) mass is 443 g/mol. The highest BCUT2D eigenvalue weighted by Crippen LogP contribution is 2.38. The minimum Gasteiger partial charge on any atom is -0.232 e. The number of aromatic nitrogens is 2. The van der Waals surface area contributed by atoms with Gasteiger partial charge in [-0.15, -0.1) is 0 Å². The van der Waals surface area contributed by atoms with Crippen LogP contribution in [0.25, 0.3) is 27.5 Å². The Morgan fingerprint density at radius 3 is 1.94 bits per heavy atom. The van der Waals surface area contributed by atoms with Crippen LogP contribution in [0.3, 0.4) is 0 Å². The van der Waals surface area contributed by atoms with Crippen LogP contribution in [-0.4, -0.2) is 4.57 Å². The Labute approximate surface area is 195 Å². The predicted molar refractivity (Wildman–Crippen MR) is 141 cm³/mol. The third kappa shape index (κ3) is 3.44. The molecule has 0 spiro atoms. The van der Waals surface area contributed by atoms with Crippen molar-refractivity contribution in [2.45, 2.75) is 0 Å². The van der Waals surface area contributed by atoms with Gasteiger partial charge in [0.2, 0.25) is 6.33 Å². The highest BCUT2D eigenvalue weighted by atomic mass is 31.1. The fraction of sp³-hybridized carbons (Fsp3) is 0.0333. The van der Waals surface area contributed by atoms with Crippen LogP contribution in [0, 0.1) is 0 Å². The van der Waals surface area contributed by atoms with Crippen molar-refractivity contribution in [1.82, 2.24) is 4.57 Å². The molecule has 33 heavy (non-hydrogen) atoms. The van der Waals surface area contributed by atoms with Crippen LogP contribution in [0.15, 0.2) is 128 Å². The van der Waals surface area contributed by atoms with Crippen molar-refractivity contribution in [3.63, 3.8) is 0 Å². The number of fused-ring (bicyclic) bond motifs is 2. The Morgan fingerprint density at radius 2 is 1.21 bits per heavy atom. The molecule has 0 radical (unpaired) electrons. The van der Waals surface area contributed by atoms with Gasteiger partial charge in [0.25, 0.3) is 0 Å². The molecule has 0 bridgehead atoms. The quantitative estimate of drug-likeness (QED) is 0.256. The fourth-order valence-corrected chi connectivity index (χ4v) is 7.16. The van der Waals surface area contributed by atoms with Gasteiger partial charge in [0.1, 0.15) is 5.69 Å². The maximum Gasteiger partial charge on any atom is 0.249 e. The van der Waals surface area contributed by atoms with E-state index in [9.17, 15) is 0 Å². The molecule has 3 heteroatoms. The van der Waals surface area contributed by atoms with Gasteiger partial charge < -0.3 is 0 Å². The molecule has 0 N–H and O–H groups in total. The highest BCUT2D eigenvalue weighted by Gasteiger charge is 2.26. The molecule has 5 aromatic carbocycles. The smallest absolute Gasteiger partial charge is 0.232 e. The van der Waals surface area contributed by atoms with Crippen LogP contribution in [-0.2, 0) is 7.05 Å². The predicted octanol–water partition coefficient (Wildman–Crippen LogP) is 5.37. The summed E-state index contributed by atoms with van der Waals surface area (Å²) < 4.78 is 4.60. The van der Waals surface area contributed by atoms with E-state index in [4.69, 9.17) is 0 Å². The van der Waals surface area contributed by atoms with Crippen molar-refractivity contribution in [3.05, 3.63) is 128 Å².